The van der Waals surface area contributed by atoms with E-state index in [0.717, 1.165) is 13.1 Å². The average Bonchev–Trinajstić information content (AvgIpc) is 2.28. The van der Waals surface area contributed by atoms with Crippen LogP contribution in [0.1, 0.15) is 12.8 Å². The molecular formula is C10H14ClN3O. The third-order valence-corrected chi connectivity index (χ3v) is 2.68. The Hall–Kier alpha value is -0.870. The first-order valence-corrected chi connectivity index (χ1v) is 5.53. The summed E-state index contributed by atoms with van der Waals surface area (Å²) in [5.41, 5.74) is 0. The van der Waals surface area contributed by atoms with E-state index in [-0.39, 0.29) is 0 Å². The first-order chi connectivity index (χ1) is 7.34. The number of rotatable bonds is 3. The third kappa shape index (κ3) is 3.32. The molecule has 82 valence electrons. The average molecular weight is 228 g/mol. The largest absolute Gasteiger partial charge is 0.477 e. The first kappa shape index (κ1) is 10.6. The molecule has 1 aromatic heterocycles. The molecule has 0 radical (unpaired) electrons. The van der Waals surface area contributed by atoms with Gasteiger partial charge < -0.3 is 10.1 Å². The number of piperidine rings is 1. The Balaban J connectivity index is 1.81. The van der Waals surface area contributed by atoms with Crippen LogP contribution >= 0.6 is 11.6 Å². The van der Waals surface area contributed by atoms with Gasteiger partial charge in [0.2, 0.25) is 5.88 Å². The monoisotopic (exact) mass is 227 g/mol. The van der Waals surface area contributed by atoms with Gasteiger partial charge in [0.05, 0.1) is 6.61 Å². The van der Waals surface area contributed by atoms with Crippen LogP contribution in [-0.2, 0) is 0 Å². The highest BCUT2D eigenvalue weighted by Gasteiger charge is 2.13. The Morgan fingerprint density at radius 1 is 1.53 bits per heavy atom. The number of aromatic nitrogens is 2. The molecule has 4 nitrogen and oxygen atoms in total. The van der Waals surface area contributed by atoms with E-state index in [2.05, 4.69) is 15.3 Å². The summed E-state index contributed by atoms with van der Waals surface area (Å²) < 4.78 is 5.55. The van der Waals surface area contributed by atoms with Crippen molar-refractivity contribution < 1.29 is 4.74 Å². The first-order valence-electron chi connectivity index (χ1n) is 5.15. The van der Waals surface area contributed by atoms with Gasteiger partial charge in [-0.25, -0.2) is 9.97 Å². The molecule has 2 rings (SSSR count). The van der Waals surface area contributed by atoms with Crippen LogP contribution in [0.25, 0.3) is 0 Å². The van der Waals surface area contributed by atoms with Crippen molar-refractivity contribution in [2.24, 2.45) is 5.92 Å². The third-order valence-electron chi connectivity index (χ3n) is 2.47. The van der Waals surface area contributed by atoms with Gasteiger partial charge in [-0.2, -0.15) is 0 Å². The molecular weight excluding hydrogens is 214 g/mol. The Morgan fingerprint density at radius 3 is 3.20 bits per heavy atom. The van der Waals surface area contributed by atoms with E-state index in [0.29, 0.717) is 23.6 Å². The number of hydrogen-bond acceptors (Lipinski definition) is 4. The highest BCUT2D eigenvalue weighted by Crippen LogP contribution is 2.14. The quantitative estimate of drug-likeness (QED) is 0.796. The lowest BCUT2D eigenvalue weighted by Crippen LogP contribution is -2.33. The van der Waals surface area contributed by atoms with Crippen molar-refractivity contribution in [1.29, 1.82) is 0 Å². The molecule has 1 aliphatic rings. The molecule has 1 fully saturated rings. The topological polar surface area (TPSA) is 47.0 Å². The molecule has 1 atom stereocenters. The molecule has 5 heteroatoms. The summed E-state index contributed by atoms with van der Waals surface area (Å²) in [6.07, 6.45) is 3.85. The van der Waals surface area contributed by atoms with E-state index in [1.165, 1.54) is 19.2 Å². The highest BCUT2D eigenvalue weighted by atomic mass is 35.5. The van der Waals surface area contributed by atoms with Crippen molar-refractivity contribution in [2.75, 3.05) is 19.7 Å². The van der Waals surface area contributed by atoms with Crippen LogP contribution in [0.15, 0.2) is 12.4 Å². The lowest BCUT2D eigenvalue weighted by Gasteiger charge is -2.22. The van der Waals surface area contributed by atoms with Crippen molar-refractivity contribution in [3.05, 3.63) is 17.5 Å². The number of nitrogens with one attached hydrogen (secondary N) is 1. The molecule has 0 spiro atoms. The Kier molecular flexibility index (Phi) is 3.75. The summed E-state index contributed by atoms with van der Waals surface area (Å²) in [5.74, 6) is 1.13. The molecule has 1 N–H and O–H groups in total. The summed E-state index contributed by atoms with van der Waals surface area (Å²) in [7, 11) is 0. The zero-order chi connectivity index (χ0) is 10.5. The Bertz CT molecular complexity index is 315. The van der Waals surface area contributed by atoms with E-state index in [9.17, 15) is 0 Å². The summed E-state index contributed by atoms with van der Waals surface area (Å²) in [5, 5.41) is 3.76. The van der Waals surface area contributed by atoms with Crippen molar-refractivity contribution in [3.8, 4) is 5.88 Å². The van der Waals surface area contributed by atoms with Crippen molar-refractivity contribution in [1.82, 2.24) is 15.3 Å². The number of nitrogens with zero attached hydrogens (tertiary/aromatic N) is 2. The molecule has 0 bridgehead atoms. The molecule has 1 aliphatic heterocycles. The van der Waals surface area contributed by atoms with Crippen LogP contribution in [0, 0.1) is 5.92 Å². The van der Waals surface area contributed by atoms with E-state index < -0.39 is 0 Å². The molecule has 2 heterocycles. The predicted octanol–water partition coefficient (Wildman–Crippen LogP) is 1.51. The summed E-state index contributed by atoms with van der Waals surface area (Å²) in [6.45, 7) is 2.84. The van der Waals surface area contributed by atoms with Gasteiger partial charge in [0.15, 0.2) is 0 Å². The lowest BCUT2D eigenvalue weighted by molar-refractivity contribution is 0.212. The Morgan fingerprint density at radius 2 is 2.47 bits per heavy atom. The second-order valence-electron chi connectivity index (χ2n) is 3.70. The van der Waals surface area contributed by atoms with Crippen molar-refractivity contribution >= 4 is 11.6 Å². The van der Waals surface area contributed by atoms with Gasteiger partial charge in [0.1, 0.15) is 11.5 Å². The van der Waals surface area contributed by atoms with Crippen LogP contribution < -0.4 is 10.1 Å². The van der Waals surface area contributed by atoms with Crippen molar-refractivity contribution in [3.63, 3.8) is 0 Å². The van der Waals surface area contributed by atoms with E-state index >= 15 is 0 Å². The van der Waals surface area contributed by atoms with Gasteiger partial charge in [-0.15, -0.1) is 0 Å². The molecule has 0 amide bonds. The zero-order valence-electron chi connectivity index (χ0n) is 8.45. The molecule has 0 unspecified atom stereocenters. The van der Waals surface area contributed by atoms with Gasteiger partial charge in [-0.3, -0.25) is 0 Å². The molecule has 15 heavy (non-hydrogen) atoms. The minimum Gasteiger partial charge on any atom is -0.477 e. The molecule has 0 aliphatic carbocycles. The van der Waals surface area contributed by atoms with Crippen LogP contribution in [0.2, 0.25) is 5.15 Å². The highest BCUT2D eigenvalue weighted by molar-refractivity contribution is 6.29. The predicted molar refractivity (Wildman–Crippen MR) is 58.1 cm³/mol. The number of hydrogen-bond donors (Lipinski definition) is 1. The molecule has 0 aromatic carbocycles. The zero-order valence-corrected chi connectivity index (χ0v) is 9.20. The fraction of sp³-hybridized carbons (Fsp3) is 0.600. The maximum absolute atomic E-state index is 5.72. The van der Waals surface area contributed by atoms with E-state index in [1.54, 1.807) is 6.07 Å². The SMILES string of the molecule is Clc1cc(OC[C@H]2CCCNC2)ncn1. The summed E-state index contributed by atoms with van der Waals surface area (Å²) >= 11 is 5.72. The van der Waals surface area contributed by atoms with Crippen LogP contribution in [0.3, 0.4) is 0 Å². The molecule has 1 saturated heterocycles. The number of ether oxygens (including phenoxy) is 1. The maximum Gasteiger partial charge on any atom is 0.217 e. The van der Waals surface area contributed by atoms with Crippen molar-refractivity contribution in [2.45, 2.75) is 12.8 Å². The normalized spacial score (nSPS) is 21.3. The van der Waals surface area contributed by atoms with Gasteiger partial charge >= 0.3 is 0 Å². The standard InChI is InChI=1S/C10H14ClN3O/c11-9-4-10(14-7-13-9)15-6-8-2-1-3-12-5-8/h4,7-8,12H,1-3,5-6H2/t8-/m0/s1. The minimum absolute atomic E-state index is 0.418. The second kappa shape index (κ2) is 5.28. The number of halogens is 1. The minimum atomic E-state index is 0.418. The lowest BCUT2D eigenvalue weighted by atomic mass is 10.0. The van der Waals surface area contributed by atoms with Gasteiger partial charge in [-0.1, -0.05) is 11.6 Å². The van der Waals surface area contributed by atoms with Crippen LogP contribution in [-0.4, -0.2) is 29.7 Å². The summed E-state index contributed by atoms with van der Waals surface area (Å²) in [4.78, 5) is 7.78. The fourth-order valence-electron chi connectivity index (χ4n) is 1.67. The maximum atomic E-state index is 5.72. The Labute approximate surface area is 94.0 Å². The second-order valence-corrected chi connectivity index (χ2v) is 4.09. The van der Waals surface area contributed by atoms with Crippen LogP contribution in [0.5, 0.6) is 5.88 Å². The van der Waals surface area contributed by atoms with Crippen LogP contribution in [0.4, 0.5) is 0 Å². The van der Waals surface area contributed by atoms with Gasteiger partial charge in [0, 0.05) is 18.5 Å². The molecule has 1 aromatic rings. The fourth-order valence-corrected chi connectivity index (χ4v) is 1.80. The van der Waals surface area contributed by atoms with Gasteiger partial charge in [0.25, 0.3) is 0 Å². The van der Waals surface area contributed by atoms with Gasteiger partial charge in [-0.05, 0) is 19.4 Å². The summed E-state index contributed by atoms with van der Waals surface area (Å²) in [6, 6.07) is 1.64. The smallest absolute Gasteiger partial charge is 0.217 e. The molecule has 0 saturated carbocycles. The van der Waals surface area contributed by atoms with E-state index in [1.807, 2.05) is 0 Å². The van der Waals surface area contributed by atoms with E-state index in [4.69, 9.17) is 16.3 Å².